The van der Waals surface area contributed by atoms with Crippen LogP contribution in [0.3, 0.4) is 0 Å². The van der Waals surface area contributed by atoms with Gasteiger partial charge in [0.25, 0.3) is 0 Å². The van der Waals surface area contributed by atoms with E-state index in [1.165, 1.54) is 44.9 Å². The molecule has 6 atom stereocenters. The average Bonchev–Trinajstić information content (AvgIpc) is 2.63. The lowest BCUT2D eigenvalue weighted by atomic mass is 9.78. The normalized spacial score (nSPS) is 25.8. The van der Waals surface area contributed by atoms with Gasteiger partial charge in [0, 0.05) is 15.7 Å². The van der Waals surface area contributed by atoms with Gasteiger partial charge < -0.3 is 0 Å². The molecule has 6 unspecified atom stereocenters. The Hall–Kier alpha value is 0.490. The molecular weight excluding hydrogens is 412 g/mol. The van der Waals surface area contributed by atoms with Gasteiger partial charge in [-0.15, -0.1) is 5.73 Å². The van der Waals surface area contributed by atoms with Gasteiger partial charge in [0.1, 0.15) is 0 Å². The molecule has 1 rings (SSSR count). The maximum absolute atomic E-state index is 4.81. The minimum absolute atomic E-state index is 0.525. The number of hydrogen-bond acceptors (Lipinski definition) is 5. The van der Waals surface area contributed by atoms with Crippen LogP contribution in [0.25, 0.3) is 0 Å². The molecule has 0 saturated heterocycles. The Morgan fingerprint density at radius 3 is 2.31 bits per heavy atom. The van der Waals surface area contributed by atoms with Crippen molar-refractivity contribution in [1.82, 2.24) is 8.61 Å². The van der Waals surface area contributed by atoms with Crippen LogP contribution in [0.2, 0.25) is 0 Å². The van der Waals surface area contributed by atoms with Gasteiger partial charge in [-0.1, -0.05) is 51.2 Å². The molecule has 0 bridgehead atoms. The fourth-order valence-corrected chi connectivity index (χ4v) is 6.91. The summed E-state index contributed by atoms with van der Waals surface area (Å²) in [5.41, 5.74) is 3.03. The summed E-state index contributed by atoms with van der Waals surface area (Å²) < 4.78 is 4.60. The van der Waals surface area contributed by atoms with Gasteiger partial charge in [-0.3, -0.25) is 8.61 Å². The molecule has 0 aromatic carbocycles. The van der Waals surface area contributed by atoms with Crippen molar-refractivity contribution in [1.29, 1.82) is 0 Å². The smallest absolute Gasteiger partial charge is 0.0229 e. The maximum atomic E-state index is 4.81. The second-order valence-electron chi connectivity index (χ2n) is 9.56. The number of hydrogen-bond donors (Lipinski definition) is 1. The molecule has 0 aliphatic heterocycles. The third kappa shape index (κ3) is 11.1. The molecule has 0 radical (unpaired) electrons. The van der Waals surface area contributed by atoms with E-state index in [1.807, 2.05) is 23.9 Å². The Morgan fingerprint density at radius 1 is 1.07 bits per heavy atom. The summed E-state index contributed by atoms with van der Waals surface area (Å²) in [6.45, 7) is 10.8. The highest BCUT2D eigenvalue weighted by Gasteiger charge is 2.32. The lowest BCUT2D eigenvalue weighted by molar-refractivity contribution is 0.291. The van der Waals surface area contributed by atoms with Crippen LogP contribution in [-0.4, -0.2) is 52.6 Å². The van der Waals surface area contributed by atoms with E-state index in [-0.39, 0.29) is 0 Å². The second-order valence-corrected chi connectivity index (χ2v) is 13.3. The molecule has 5 heteroatoms. The van der Waals surface area contributed by atoms with E-state index in [9.17, 15) is 0 Å². The summed E-state index contributed by atoms with van der Waals surface area (Å²) in [5.74, 6) is 2.88. The van der Waals surface area contributed by atoms with Crippen molar-refractivity contribution >= 4 is 36.5 Å². The number of rotatable bonds is 13. The van der Waals surface area contributed by atoms with Crippen molar-refractivity contribution in [2.45, 2.75) is 81.5 Å². The highest BCUT2D eigenvalue weighted by molar-refractivity contribution is 7.97. The lowest BCUT2D eigenvalue weighted by Crippen LogP contribution is -2.30. The van der Waals surface area contributed by atoms with Gasteiger partial charge in [-0.05, 0) is 103 Å². The minimum Gasteiger partial charge on any atom is -0.257 e. The van der Waals surface area contributed by atoms with Crippen molar-refractivity contribution in [2.24, 2.45) is 23.7 Å². The SMILES string of the molecule is C=C=CC1CCC(CCC(SN(C)C)C(C)CCC(S)C(C)C)C(SN(C)C)C1. The van der Waals surface area contributed by atoms with Crippen LogP contribution in [0.15, 0.2) is 18.4 Å². The van der Waals surface area contributed by atoms with E-state index in [0.717, 1.165) is 17.1 Å². The first-order valence-electron chi connectivity index (χ1n) is 11.4. The first-order valence-corrected chi connectivity index (χ1v) is 13.5. The quantitative estimate of drug-likeness (QED) is 0.179. The molecule has 2 nitrogen and oxygen atoms in total. The first kappa shape index (κ1) is 27.5. The molecular formula is C24H46N2S3. The van der Waals surface area contributed by atoms with Crippen molar-refractivity contribution in [3.63, 3.8) is 0 Å². The third-order valence-electron chi connectivity index (χ3n) is 6.16. The molecule has 0 heterocycles. The second kappa shape index (κ2) is 14.5. The standard InChI is InChI=1S/C24H46N2S3/c1-9-10-20-12-13-21(24(17-20)29-26(7)8)14-16-23(28-25(5)6)19(4)11-15-22(27)18(2)3/h10,18-24,27H,1,11-17H2,2-8H3. The van der Waals surface area contributed by atoms with E-state index in [4.69, 9.17) is 12.6 Å². The molecule has 1 fully saturated rings. The summed E-state index contributed by atoms with van der Waals surface area (Å²) in [4.78, 5) is 0. The number of allylic oxidation sites excluding steroid dienone is 1. The number of nitrogens with zero attached hydrogens (tertiary/aromatic N) is 2. The fourth-order valence-electron chi connectivity index (χ4n) is 4.31. The van der Waals surface area contributed by atoms with Gasteiger partial charge in [0.2, 0.25) is 0 Å². The van der Waals surface area contributed by atoms with E-state index < -0.39 is 0 Å². The highest BCUT2D eigenvalue weighted by Crippen LogP contribution is 2.41. The Morgan fingerprint density at radius 2 is 1.76 bits per heavy atom. The molecule has 0 aromatic rings. The van der Waals surface area contributed by atoms with Crippen LogP contribution in [-0.2, 0) is 0 Å². The molecule has 170 valence electrons. The van der Waals surface area contributed by atoms with Crippen LogP contribution in [0.5, 0.6) is 0 Å². The minimum atomic E-state index is 0.525. The molecule has 1 aliphatic carbocycles. The Kier molecular flexibility index (Phi) is 13.8. The van der Waals surface area contributed by atoms with Gasteiger partial charge in [0.15, 0.2) is 0 Å². The Labute approximate surface area is 196 Å². The summed E-state index contributed by atoms with van der Waals surface area (Å²) in [7, 11) is 8.75. The monoisotopic (exact) mass is 458 g/mol. The fraction of sp³-hybridized carbons (Fsp3) is 0.875. The summed E-state index contributed by atoms with van der Waals surface area (Å²) in [6, 6.07) is 0. The van der Waals surface area contributed by atoms with Crippen LogP contribution >= 0.6 is 36.5 Å². The largest absolute Gasteiger partial charge is 0.257 e. The third-order valence-corrected chi connectivity index (χ3v) is 9.68. The summed E-state index contributed by atoms with van der Waals surface area (Å²) in [5, 5.41) is 1.95. The zero-order valence-electron chi connectivity index (χ0n) is 19.9. The van der Waals surface area contributed by atoms with E-state index >= 15 is 0 Å². The van der Waals surface area contributed by atoms with E-state index in [1.54, 1.807) is 0 Å². The summed E-state index contributed by atoms with van der Waals surface area (Å²) >= 11 is 8.89. The predicted molar refractivity (Wildman–Crippen MR) is 140 cm³/mol. The summed E-state index contributed by atoms with van der Waals surface area (Å²) in [6.07, 6.45) is 11.3. The van der Waals surface area contributed by atoms with Crippen molar-refractivity contribution in [3.8, 4) is 0 Å². The molecule has 0 amide bonds. The topological polar surface area (TPSA) is 6.48 Å². The van der Waals surface area contributed by atoms with E-state index in [2.05, 4.69) is 76.0 Å². The van der Waals surface area contributed by atoms with Gasteiger partial charge >= 0.3 is 0 Å². The van der Waals surface area contributed by atoms with Crippen LogP contribution in [0.1, 0.15) is 65.7 Å². The van der Waals surface area contributed by atoms with Crippen molar-refractivity contribution in [2.75, 3.05) is 28.2 Å². The molecule has 0 N–H and O–H groups in total. The van der Waals surface area contributed by atoms with Crippen molar-refractivity contribution in [3.05, 3.63) is 18.4 Å². The first-order chi connectivity index (χ1) is 13.6. The Bertz CT molecular complexity index is 489. The number of thiol groups is 1. The van der Waals surface area contributed by atoms with Gasteiger partial charge in [-0.25, -0.2) is 0 Å². The maximum Gasteiger partial charge on any atom is 0.0229 e. The molecule has 0 spiro atoms. The van der Waals surface area contributed by atoms with Crippen LogP contribution in [0.4, 0.5) is 0 Å². The predicted octanol–water partition coefficient (Wildman–Crippen LogP) is 7.05. The van der Waals surface area contributed by atoms with Gasteiger partial charge in [0.05, 0.1) is 0 Å². The van der Waals surface area contributed by atoms with Crippen LogP contribution in [0, 0.1) is 23.7 Å². The average molecular weight is 459 g/mol. The van der Waals surface area contributed by atoms with E-state index in [0.29, 0.717) is 22.3 Å². The zero-order chi connectivity index (χ0) is 22.0. The lowest BCUT2D eigenvalue weighted by Gasteiger charge is -2.37. The van der Waals surface area contributed by atoms with Crippen molar-refractivity contribution < 1.29 is 0 Å². The zero-order valence-corrected chi connectivity index (χ0v) is 22.5. The van der Waals surface area contributed by atoms with Gasteiger partial charge in [-0.2, -0.15) is 12.6 Å². The van der Waals surface area contributed by atoms with Crippen LogP contribution < -0.4 is 0 Å². The molecule has 1 saturated carbocycles. The molecule has 1 aliphatic rings. The Balaban J connectivity index is 2.68. The highest BCUT2D eigenvalue weighted by atomic mass is 32.2. The molecule has 0 aromatic heterocycles. The molecule has 29 heavy (non-hydrogen) atoms.